The quantitative estimate of drug-likeness (QED) is 0.191. The van der Waals surface area contributed by atoms with Crippen LogP contribution in [0.1, 0.15) is 54.0 Å². The van der Waals surface area contributed by atoms with Gasteiger partial charge in [0.2, 0.25) is 0 Å². The molecule has 9 aromatic rings. The first kappa shape index (κ1) is 30.7. The fraction of sp³-hybridized carbons (Fsp3) is 0.217. The van der Waals surface area contributed by atoms with Gasteiger partial charge in [0, 0.05) is 48.8 Å². The van der Waals surface area contributed by atoms with Crippen molar-refractivity contribution >= 4 is 72.5 Å². The van der Waals surface area contributed by atoms with E-state index in [4.69, 9.17) is 9.31 Å². The lowest BCUT2D eigenvalue weighted by Gasteiger charge is -2.32. The van der Waals surface area contributed by atoms with E-state index in [2.05, 4.69) is 173 Å². The molecule has 0 spiro atoms. The lowest BCUT2D eigenvalue weighted by atomic mass is 9.74. The van der Waals surface area contributed by atoms with Crippen molar-refractivity contribution in [3.8, 4) is 22.3 Å². The molecular formula is C46H41BN2O2. The molecule has 0 radical (unpaired) electrons. The number of aromatic amines is 1. The molecule has 0 amide bonds. The predicted octanol–water partition coefficient (Wildman–Crippen LogP) is 11.4. The number of nitrogens with zero attached hydrogens (tertiary/aromatic N) is 1. The Morgan fingerprint density at radius 2 is 1.14 bits per heavy atom. The van der Waals surface area contributed by atoms with Gasteiger partial charge in [0.25, 0.3) is 0 Å². The van der Waals surface area contributed by atoms with E-state index in [-0.39, 0.29) is 5.41 Å². The zero-order chi connectivity index (χ0) is 35.0. The van der Waals surface area contributed by atoms with Gasteiger partial charge in [-0.3, -0.25) is 0 Å². The number of fused-ring (bicyclic) bond motifs is 9. The zero-order valence-electron chi connectivity index (χ0n) is 30.3. The minimum Gasteiger partial charge on any atom is -0.399 e. The molecule has 5 heteroatoms. The Labute approximate surface area is 298 Å². The molecule has 0 unspecified atom stereocenters. The Kier molecular flexibility index (Phi) is 6.17. The lowest BCUT2D eigenvalue weighted by Crippen LogP contribution is -2.41. The van der Waals surface area contributed by atoms with Crippen molar-refractivity contribution in [2.45, 2.75) is 65.1 Å². The van der Waals surface area contributed by atoms with Crippen molar-refractivity contribution in [2.75, 3.05) is 0 Å². The van der Waals surface area contributed by atoms with Crippen LogP contribution in [0.4, 0.5) is 0 Å². The number of aromatic nitrogens is 2. The van der Waals surface area contributed by atoms with Gasteiger partial charge in [0.15, 0.2) is 0 Å². The van der Waals surface area contributed by atoms with Gasteiger partial charge in [0.1, 0.15) is 0 Å². The summed E-state index contributed by atoms with van der Waals surface area (Å²) in [5.41, 5.74) is 12.2. The van der Waals surface area contributed by atoms with Crippen LogP contribution in [0, 0.1) is 0 Å². The highest BCUT2D eigenvalue weighted by Crippen LogP contribution is 2.45. The van der Waals surface area contributed by atoms with Crippen LogP contribution in [-0.4, -0.2) is 27.7 Å². The molecule has 4 heterocycles. The van der Waals surface area contributed by atoms with Gasteiger partial charge in [-0.2, -0.15) is 0 Å². The summed E-state index contributed by atoms with van der Waals surface area (Å²) < 4.78 is 15.8. The second-order valence-electron chi connectivity index (χ2n) is 16.6. The standard InChI is InChI=1S/C46H41BN2O2/c1-44(2,3)31-23-35-32-25-34-37-22-30(28-16-12-9-13-17-28)21-36-33-20-29(27-14-10-8-11-15-27)18-19-40(33)49(43(36)37)41(34)26-39(32)48-42(35)38(24-31)47-50-45(4,5)46(6,7)51-47/h8-26,48H,1-7H3. The maximum Gasteiger partial charge on any atom is 0.497 e. The van der Waals surface area contributed by atoms with Gasteiger partial charge < -0.3 is 18.7 Å². The smallest absolute Gasteiger partial charge is 0.399 e. The van der Waals surface area contributed by atoms with Crippen LogP contribution in [0.15, 0.2) is 115 Å². The van der Waals surface area contributed by atoms with Gasteiger partial charge in [-0.05, 0) is 103 Å². The highest BCUT2D eigenvalue weighted by molar-refractivity contribution is 6.65. The van der Waals surface area contributed by atoms with Crippen molar-refractivity contribution < 1.29 is 9.31 Å². The first-order chi connectivity index (χ1) is 24.4. The van der Waals surface area contributed by atoms with E-state index < -0.39 is 18.3 Å². The van der Waals surface area contributed by atoms with Crippen LogP contribution in [0.3, 0.4) is 0 Å². The monoisotopic (exact) mass is 664 g/mol. The van der Waals surface area contributed by atoms with E-state index in [1.54, 1.807) is 0 Å². The summed E-state index contributed by atoms with van der Waals surface area (Å²) in [6, 6.07) is 42.7. The molecule has 51 heavy (non-hydrogen) atoms. The predicted molar refractivity (Wildman–Crippen MR) is 216 cm³/mol. The number of H-pyrrole nitrogens is 1. The summed E-state index contributed by atoms with van der Waals surface area (Å²) >= 11 is 0. The second kappa shape index (κ2) is 10.2. The van der Waals surface area contributed by atoms with Crippen molar-refractivity contribution in [1.82, 2.24) is 9.38 Å². The largest absolute Gasteiger partial charge is 0.497 e. The molecule has 1 aliphatic rings. The minimum atomic E-state index is -0.472. The fourth-order valence-electron chi connectivity index (χ4n) is 8.27. The average Bonchev–Trinajstić information content (AvgIpc) is 3.81. The van der Waals surface area contributed by atoms with Crippen molar-refractivity contribution in [1.29, 1.82) is 0 Å². The summed E-state index contributed by atoms with van der Waals surface area (Å²) in [4.78, 5) is 3.88. The van der Waals surface area contributed by atoms with Gasteiger partial charge in [0.05, 0.1) is 27.8 Å². The Morgan fingerprint density at radius 3 is 1.76 bits per heavy atom. The van der Waals surface area contributed by atoms with E-state index in [1.807, 2.05) is 0 Å². The van der Waals surface area contributed by atoms with E-state index in [0.717, 1.165) is 16.5 Å². The van der Waals surface area contributed by atoms with Gasteiger partial charge in [-0.15, -0.1) is 0 Å². The molecule has 4 nitrogen and oxygen atoms in total. The maximum absolute atomic E-state index is 6.67. The molecule has 3 aromatic heterocycles. The molecule has 0 aliphatic carbocycles. The fourth-order valence-corrected chi connectivity index (χ4v) is 8.27. The van der Waals surface area contributed by atoms with Crippen LogP contribution < -0.4 is 5.46 Å². The zero-order valence-corrected chi connectivity index (χ0v) is 30.3. The molecule has 1 fully saturated rings. The summed E-state index contributed by atoms with van der Waals surface area (Å²) in [7, 11) is -0.472. The number of hydrogen-bond donors (Lipinski definition) is 1. The van der Waals surface area contributed by atoms with E-state index in [9.17, 15) is 0 Å². The van der Waals surface area contributed by atoms with Gasteiger partial charge in [-0.25, -0.2) is 0 Å². The van der Waals surface area contributed by atoms with Gasteiger partial charge >= 0.3 is 7.12 Å². The maximum atomic E-state index is 6.67. The minimum absolute atomic E-state index is 0.0566. The summed E-state index contributed by atoms with van der Waals surface area (Å²) in [6.45, 7) is 15.3. The number of benzene rings is 6. The summed E-state index contributed by atoms with van der Waals surface area (Å²) in [5.74, 6) is 0. The van der Waals surface area contributed by atoms with Crippen molar-refractivity contribution in [2.24, 2.45) is 0 Å². The Balaban J connectivity index is 1.30. The third-order valence-electron chi connectivity index (χ3n) is 11.8. The Morgan fingerprint density at radius 1 is 0.549 bits per heavy atom. The lowest BCUT2D eigenvalue weighted by molar-refractivity contribution is 0.00578. The van der Waals surface area contributed by atoms with Crippen molar-refractivity contribution in [3.05, 3.63) is 121 Å². The molecule has 1 saturated heterocycles. The first-order valence-corrected chi connectivity index (χ1v) is 18.1. The molecule has 1 aliphatic heterocycles. The topological polar surface area (TPSA) is 38.7 Å². The number of nitrogens with one attached hydrogen (secondary N) is 1. The third kappa shape index (κ3) is 4.41. The van der Waals surface area contributed by atoms with E-state index in [0.29, 0.717) is 0 Å². The SMILES string of the molecule is CC(C)(C)c1cc(B2OC(C)(C)C(C)(C)O2)c2[nH]c3cc4c(cc3c2c1)c1cc(-c2ccccc2)cc2c3cc(-c5ccccc5)ccc3n4c21. The molecule has 0 atom stereocenters. The highest BCUT2D eigenvalue weighted by Gasteiger charge is 2.52. The second-order valence-corrected chi connectivity index (χ2v) is 16.6. The molecule has 0 saturated carbocycles. The summed E-state index contributed by atoms with van der Waals surface area (Å²) in [5, 5.41) is 7.50. The van der Waals surface area contributed by atoms with E-state index in [1.165, 1.54) is 76.7 Å². The van der Waals surface area contributed by atoms with Gasteiger partial charge in [-0.1, -0.05) is 93.6 Å². The molecule has 0 bridgehead atoms. The van der Waals surface area contributed by atoms with Crippen LogP contribution in [0.2, 0.25) is 0 Å². The summed E-state index contributed by atoms with van der Waals surface area (Å²) in [6.07, 6.45) is 0. The number of rotatable bonds is 3. The van der Waals surface area contributed by atoms with Crippen LogP contribution in [-0.2, 0) is 14.7 Å². The number of hydrogen-bond acceptors (Lipinski definition) is 2. The third-order valence-corrected chi connectivity index (χ3v) is 11.8. The molecule has 1 N–H and O–H groups in total. The highest BCUT2D eigenvalue weighted by atomic mass is 16.7. The Hall–Kier alpha value is -5.10. The normalized spacial score (nSPS) is 16.3. The Bertz CT molecular complexity index is 2820. The van der Waals surface area contributed by atoms with Crippen molar-refractivity contribution in [3.63, 3.8) is 0 Å². The first-order valence-electron chi connectivity index (χ1n) is 18.1. The molecular weight excluding hydrogens is 623 g/mol. The van der Waals surface area contributed by atoms with Crippen LogP contribution in [0.5, 0.6) is 0 Å². The molecule has 250 valence electrons. The molecule has 10 rings (SSSR count). The van der Waals surface area contributed by atoms with Crippen LogP contribution in [0.25, 0.3) is 82.2 Å². The average molecular weight is 665 g/mol. The molecule has 6 aromatic carbocycles. The van der Waals surface area contributed by atoms with Crippen LogP contribution >= 0.6 is 0 Å². The van der Waals surface area contributed by atoms with E-state index >= 15 is 0 Å².